The van der Waals surface area contributed by atoms with E-state index in [1.807, 2.05) is 19.1 Å². The van der Waals surface area contributed by atoms with Crippen molar-refractivity contribution in [1.29, 1.82) is 0 Å². The molecule has 1 aromatic heterocycles. The highest BCUT2D eigenvalue weighted by molar-refractivity contribution is 7.89. The van der Waals surface area contributed by atoms with Gasteiger partial charge in [-0.1, -0.05) is 0 Å². The minimum atomic E-state index is -3.28. The molecule has 3 rings (SSSR count). The lowest BCUT2D eigenvalue weighted by Gasteiger charge is -2.25. The van der Waals surface area contributed by atoms with Crippen molar-refractivity contribution >= 4 is 10.0 Å². The minimum absolute atomic E-state index is 0.140. The van der Waals surface area contributed by atoms with E-state index in [1.165, 1.54) is 0 Å². The van der Waals surface area contributed by atoms with Crippen molar-refractivity contribution in [3.05, 3.63) is 23.7 Å². The van der Waals surface area contributed by atoms with Crippen LogP contribution in [0, 0.1) is 6.92 Å². The van der Waals surface area contributed by atoms with Crippen molar-refractivity contribution in [1.82, 2.24) is 4.31 Å². The topological polar surface area (TPSA) is 59.8 Å². The summed E-state index contributed by atoms with van der Waals surface area (Å²) in [5, 5.41) is -0.385. The Labute approximate surface area is 113 Å². The standard InChI is InChI=1S/C13H19NO4S/c1-10-4-5-13(18-10)12-3-2-7-14(12)19(15,16)11-6-8-17-9-11/h4-5,11-12H,2-3,6-9H2,1H3. The van der Waals surface area contributed by atoms with Gasteiger partial charge in [-0.15, -0.1) is 0 Å². The van der Waals surface area contributed by atoms with Crippen LogP contribution in [0.3, 0.4) is 0 Å². The summed E-state index contributed by atoms with van der Waals surface area (Å²) in [6.45, 7) is 3.33. The molecule has 19 heavy (non-hydrogen) atoms. The summed E-state index contributed by atoms with van der Waals surface area (Å²) in [6.07, 6.45) is 2.32. The SMILES string of the molecule is Cc1ccc(C2CCCN2S(=O)(=O)C2CCOC2)o1. The summed E-state index contributed by atoms with van der Waals surface area (Å²) in [6, 6.07) is 3.63. The number of hydrogen-bond acceptors (Lipinski definition) is 4. The molecule has 5 nitrogen and oxygen atoms in total. The van der Waals surface area contributed by atoms with E-state index >= 15 is 0 Å². The molecule has 3 heterocycles. The molecule has 0 saturated carbocycles. The predicted molar refractivity (Wildman–Crippen MR) is 70.3 cm³/mol. The summed E-state index contributed by atoms with van der Waals surface area (Å²) in [4.78, 5) is 0. The molecule has 106 valence electrons. The number of hydrogen-bond donors (Lipinski definition) is 0. The van der Waals surface area contributed by atoms with Crippen molar-refractivity contribution in [2.45, 2.75) is 37.5 Å². The maximum atomic E-state index is 12.6. The first-order valence-corrected chi connectivity index (χ1v) is 8.24. The number of nitrogens with zero attached hydrogens (tertiary/aromatic N) is 1. The Morgan fingerprint density at radius 1 is 1.32 bits per heavy atom. The first-order chi connectivity index (χ1) is 9.09. The van der Waals surface area contributed by atoms with Crippen molar-refractivity contribution in [3.8, 4) is 0 Å². The molecule has 0 amide bonds. The zero-order valence-electron chi connectivity index (χ0n) is 11.0. The van der Waals surface area contributed by atoms with Crippen molar-refractivity contribution in [2.75, 3.05) is 19.8 Å². The van der Waals surface area contributed by atoms with Gasteiger partial charge in [0.15, 0.2) is 0 Å². The minimum Gasteiger partial charge on any atom is -0.465 e. The quantitative estimate of drug-likeness (QED) is 0.850. The molecule has 0 radical (unpaired) electrons. The second kappa shape index (κ2) is 4.92. The Morgan fingerprint density at radius 2 is 2.16 bits per heavy atom. The van der Waals surface area contributed by atoms with Gasteiger partial charge in [0.1, 0.15) is 16.8 Å². The van der Waals surface area contributed by atoms with Gasteiger partial charge in [-0.2, -0.15) is 4.31 Å². The first-order valence-electron chi connectivity index (χ1n) is 6.74. The molecule has 0 N–H and O–H groups in total. The molecule has 2 saturated heterocycles. The molecule has 0 spiro atoms. The van der Waals surface area contributed by atoms with Crippen LogP contribution in [0.1, 0.15) is 36.8 Å². The molecular formula is C13H19NO4S. The van der Waals surface area contributed by atoms with Crippen LogP contribution in [0.15, 0.2) is 16.5 Å². The summed E-state index contributed by atoms with van der Waals surface area (Å²) in [5.41, 5.74) is 0. The maximum Gasteiger partial charge on any atom is 0.220 e. The lowest BCUT2D eigenvalue weighted by Crippen LogP contribution is -2.38. The summed E-state index contributed by atoms with van der Waals surface area (Å²) < 4.78 is 37.7. The monoisotopic (exact) mass is 285 g/mol. The predicted octanol–water partition coefficient (Wildman–Crippen LogP) is 1.84. The van der Waals surface area contributed by atoms with Crippen molar-refractivity contribution in [3.63, 3.8) is 0 Å². The van der Waals surface area contributed by atoms with E-state index in [4.69, 9.17) is 9.15 Å². The third-order valence-electron chi connectivity index (χ3n) is 3.93. The van der Waals surface area contributed by atoms with E-state index in [-0.39, 0.29) is 11.3 Å². The van der Waals surface area contributed by atoms with Gasteiger partial charge in [0.2, 0.25) is 10.0 Å². The average Bonchev–Trinajstić information content (AvgIpc) is 3.10. The largest absolute Gasteiger partial charge is 0.465 e. The summed E-state index contributed by atoms with van der Waals surface area (Å²) in [5.74, 6) is 1.58. The Morgan fingerprint density at radius 3 is 2.79 bits per heavy atom. The molecule has 1 aromatic rings. The van der Waals surface area contributed by atoms with E-state index in [0.29, 0.717) is 26.2 Å². The highest BCUT2D eigenvalue weighted by atomic mass is 32.2. The second-order valence-electron chi connectivity index (χ2n) is 5.25. The zero-order chi connectivity index (χ0) is 13.5. The Bertz CT molecular complexity index is 545. The van der Waals surface area contributed by atoms with Crippen LogP contribution in [0.4, 0.5) is 0 Å². The number of ether oxygens (including phenoxy) is 1. The molecular weight excluding hydrogens is 266 g/mol. The molecule has 2 atom stereocenters. The van der Waals surface area contributed by atoms with Gasteiger partial charge in [-0.3, -0.25) is 0 Å². The van der Waals surface area contributed by atoms with Gasteiger partial charge in [-0.25, -0.2) is 8.42 Å². The highest BCUT2D eigenvalue weighted by Gasteiger charge is 2.42. The van der Waals surface area contributed by atoms with Gasteiger partial charge in [-0.05, 0) is 38.3 Å². The van der Waals surface area contributed by atoms with Gasteiger partial charge in [0, 0.05) is 13.2 Å². The summed E-state index contributed by atoms with van der Waals surface area (Å²) in [7, 11) is -3.28. The molecule has 0 bridgehead atoms. The molecule has 0 aromatic carbocycles. The van der Waals surface area contributed by atoms with E-state index in [0.717, 1.165) is 24.4 Å². The Hall–Kier alpha value is -0.850. The van der Waals surface area contributed by atoms with Crippen LogP contribution >= 0.6 is 0 Å². The molecule has 2 fully saturated rings. The van der Waals surface area contributed by atoms with Crippen LogP contribution in [0.5, 0.6) is 0 Å². The van der Waals surface area contributed by atoms with Gasteiger partial charge < -0.3 is 9.15 Å². The van der Waals surface area contributed by atoms with E-state index in [2.05, 4.69) is 0 Å². The van der Waals surface area contributed by atoms with Crippen LogP contribution in [-0.4, -0.2) is 37.7 Å². The van der Waals surface area contributed by atoms with E-state index in [9.17, 15) is 8.42 Å². The second-order valence-corrected chi connectivity index (χ2v) is 7.41. The molecule has 6 heteroatoms. The Kier molecular flexibility index (Phi) is 3.41. The van der Waals surface area contributed by atoms with E-state index in [1.54, 1.807) is 4.31 Å². The van der Waals surface area contributed by atoms with Crippen LogP contribution in [-0.2, 0) is 14.8 Å². The molecule has 0 aliphatic carbocycles. The number of aryl methyl sites for hydroxylation is 1. The molecule has 2 aliphatic heterocycles. The van der Waals surface area contributed by atoms with Crippen LogP contribution in [0.2, 0.25) is 0 Å². The third kappa shape index (κ3) is 2.32. The maximum absolute atomic E-state index is 12.6. The smallest absolute Gasteiger partial charge is 0.220 e. The number of sulfonamides is 1. The highest BCUT2D eigenvalue weighted by Crippen LogP contribution is 2.37. The lowest BCUT2D eigenvalue weighted by molar-refractivity contribution is 0.197. The fraction of sp³-hybridized carbons (Fsp3) is 0.692. The van der Waals surface area contributed by atoms with Crippen LogP contribution < -0.4 is 0 Å². The summed E-state index contributed by atoms with van der Waals surface area (Å²) >= 11 is 0. The molecule has 2 unspecified atom stereocenters. The lowest BCUT2D eigenvalue weighted by atomic mass is 10.2. The average molecular weight is 285 g/mol. The fourth-order valence-corrected chi connectivity index (χ4v) is 4.89. The van der Waals surface area contributed by atoms with Crippen molar-refractivity contribution < 1.29 is 17.6 Å². The number of furan rings is 1. The fourth-order valence-electron chi connectivity index (χ4n) is 2.90. The van der Waals surface area contributed by atoms with Crippen LogP contribution in [0.25, 0.3) is 0 Å². The number of rotatable bonds is 3. The van der Waals surface area contributed by atoms with Crippen molar-refractivity contribution in [2.24, 2.45) is 0 Å². The van der Waals surface area contributed by atoms with E-state index < -0.39 is 10.0 Å². The van der Waals surface area contributed by atoms with Gasteiger partial charge >= 0.3 is 0 Å². The van der Waals surface area contributed by atoms with Gasteiger partial charge in [0.05, 0.1) is 12.6 Å². The van der Waals surface area contributed by atoms with Gasteiger partial charge in [0.25, 0.3) is 0 Å². The molecule has 2 aliphatic rings. The normalized spacial score (nSPS) is 29.1. The Balaban J connectivity index is 1.86. The third-order valence-corrected chi connectivity index (χ3v) is 6.23. The zero-order valence-corrected chi connectivity index (χ0v) is 11.9. The first kappa shape index (κ1) is 13.1.